The maximum Gasteiger partial charge on any atom is 0.239 e. The van der Waals surface area contributed by atoms with Gasteiger partial charge in [0.25, 0.3) is 0 Å². The van der Waals surface area contributed by atoms with Gasteiger partial charge < -0.3 is 10.6 Å². The van der Waals surface area contributed by atoms with Crippen LogP contribution in [0.4, 0.5) is 0 Å². The molecule has 2 aromatic carbocycles. The number of benzene rings is 2. The normalized spacial score (nSPS) is 20.0. The van der Waals surface area contributed by atoms with E-state index in [-0.39, 0.29) is 10.7 Å². The van der Waals surface area contributed by atoms with Gasteiger partial charge in [-0.1, -0.05) is 48.5 Å². The number of nitrogens with zero attached hydrogens (tertiary/aromatic N) is 3. The third-order valence-corrected chi connectivity index (χ3v) is 9.44. The van der Waals surface area contributed by atoms with Gasteiger partial charge in [-0.3, -0.25) is 0 Å². The number of hydrogen-bond acceptors (Lipinski definition) is 7. The SMILES string of the molecule is NS(=O)(=O)C1=C(c2ccc(C3CCNCC3)cc2)CCC(c2ccc(C3CCNCC3)cc2)=C1c1nn[nH]n1. The van der Waals surface area contributed by atoms with Crippen LogP contribution in [0.25, 0.3) is 16.7 Å². The summed E-state index contributed by atoms with van der Waals surface area (Å²) in [5.41, 5.74) is 6.42. The summed E-state index contributed by atoms with van der Waals surface area (Å²) >= 11 is 0. The number of tetrazole rings is 1. The third-order valence-electron chi connectivity index (χ3n) is 8.42. The van der Waals surface area contributed by atoms with Crippen molar-refractivity contribution in [1.29, 1.82) is 0 Å². The van der Waals surface area contributed by atoms with Crippen molar-refractivity contribution in [3.8, 4) is 0 Å². The molecule has 2 fully saturated rings. The molecule has 0 bridgehead atoms. The number of rotatable bonds is 6. The Morgan fingerprint density at radius 3 is 1.67 bits per heavy atom. The Morgan fingerprint density at radius 1 is 0.718 bits per heavy atom. The standard InChI is InChI=1S/C29H35N7O2S/c30-39(37,38)28-26(24-7-3-20(4-8-24)22-13-17-32-18-14-22)10-9-25(27(28)29-33-35-36-34-29)23-5-1-19(2-6-23)21-11-15-31-16-12-21/h1-8,21-22,31-32H,9-18H2,(H2,30,37,38)(H,33,34,35,36). The Morgan fingerprint density at radius 2 is 1.21 bits per heavy atom. The summed E-state index contributed by atoms with van der Waals surface area (Å²) < 4.78 is 26.4. The lowest BCUT2D eigenvalue weighted by Gasteiger charge is -2.26. The number of sulfonamides is 1. The predicted molar refractivity (Wildman–Crippen MR) is 153 cm³/mol. The van der Waals surface area contributed by atoms with Gasteiger partial charge in [0, 0.05) is 5.57 Å². The summed E-state index contributed by atoms with van der Waals surface area (Å²) in [5, 5.41) is 27.4. The zero-order chi connectivity index (χ0) is 26.8. The number of primary sulfonamides is 1. The molecule has 0 unspecified atom stereocenters. The number of nitrogens with one attached hydrogen (secondary N) is 3. The van der Waals surface area contributed by atoms with E-state index in [1.807, 2.05) is 12.1 Å². The van der Waals surface area contributed by atoms with Crippen molar-refractivity contribution in [3.05, 3.63) is 81.5 Å². The quantitative estimate of drug-likeness (QED) is 0.372. The molecule has 0 spiro atoms. The van der Waals surface area contributed by atoms with Crippen LogP contribution in [0, 0.1) is 0 Å². The van der Waals surface area contributed by atoms with E-state index in [1.54, 1.807) is 0 Å². The molecule has 9 nitrogen and oxygen atoms in total. The van der Waals surface area contributed by atoms with E-state index in [2.05, 4.69) is 67.7 Å². The highest BCUT2D eigenvalue weighted by Gasteiger charge is 2.33. The third kappa shape index (κ3) is 5.47. The van der Waals surface area contributed by atoms with Gasteiger partial charge in [-0.05, 0) is 115 Å². The van der Waals surface area contributed by atoms with Gasteiger partial charge in [-0.2, -0.15) is 5.21 Å². The van der Waals surface area contributed by atoms with Gasteiger partial charge >= 0.3 is 0 Å². The fourth-order valence-electron chi connectivity index (χ4n) is 6.38. The first kappa shape index (κ1) is 26.1. The number of H-pyrrole nitrogens is 1. The van der Waals surface area contributed by atoms with Crippen molar-refractivity contribution in [2.75, 3.05) is 26.2 Å². The molecule has 3 heterocycles. The molecule has 204 valence electrons. The summed E-state index contributed by atoms with van der Waals surface area (Å²) in [4.78, 5) is 0.0854. The number of allylic oxidation sites excluding steroid dienone is 3. The Bertz CT molecular complexity index is 1470. The summed E-state index contributed by atoms with van der Waals surface area (Å²) in [5.74, 6) is 1.30. The van der Waals surface area contributed by atoms with Crippen molar-refractivity contribution in [2.24, 2.45) is 5.14 Å². The first-order valence-corrected chi connectivity index (χ1v) is 15.4. The molecule has 1 aromatic heterocycles. The number of aromatic nitrogens is 4. The number of hydrogen-bond donors (Lipinski definition) is 4. The first-order valence-electron chi connectivity index (χ1n) is 13.8. The van der Waals surface area contributed by atoms with Gasteiger partial charge in [0.15, 0.2) is 0 Å². The van der Waals surface area contributed by atoms with Crippen molar-refractivity contribution >= 4 is 26.7 Å². The van der Waals surface area contributed by atoms with Crippen LogP contribution in [0.15, 0.2) is 53.4 Å². The fourth-order valence-corrected chi connectivity index (χ4v) is 7.44. The molecule has 0 amide bonds. The summed E-state index contributed by atoms with van der Waals surface area (Å²) in [6, 6.07) is 16.8. The monoisotopic (exact) mass is 545 g/mol. The number of aromatic amines is 1. The molecule has 0 saturated carbocycles. The minimum Gasteiger partial charge on any atom is -0.317 e. The number of nitrogens with two attached hydrogens (primary N) is 1. The van der Waals surface area contributed by atoms with Crippen LogP contribution in [0.2, 0.25) is 0 Å². The summed E-state index contributed by atoms with van der Waals surface area (Å²) in [6.45, 7) is 4.11. The van der Waals surface area contributed by atoms with Crippen LogP contribution in [-0.4, -0.2) is 55.2 Å². The largest absolute Gasteiger partial charge is 0.317 e. The summed E-state index contributed by atoms with van der Waals surface area (Å²) in [7, 11) is -4.11. The predicted octanol–water partition coefficient (Wildman–Crippen LogP) is 3.54. The molecule has 1 aliphatic carbocycles. The zero-order valence-corrected chi connectivity index (χ0v) is 22.8. The maximum atomic E-state index is 13.2. The molecule has 5 N–H and O–H groups in total. The second-order valence-electron chi connectivity index (χ2n) is 10.7. The van der Waals surface area contributed by atoms with E-state index in [4.69, 9.17) is 5.14 Å². The smallest absolute Gasteiger partial charge is 0.239 e. The van der Waals surface area contributed by atoms with E-state index in [1.165, 1.54) is 11.1 Å². The second kappa shape index (κ2) is 11.1. The van der Waals surface area contributed by atoms with E-state index < -0.39 is 10.0 Å². The Hall–Kier alpha value is -3.18. The van der Waals surface area contributed by atoms with E-state index in [0.29, 0.717) is 35.8 Å². The van der Waals surface area contributed by atoms with Crippen LogP contribution in [-0.2, 0) is 10.0 Å². The van der Waals surface area contributed by atoms with E-state index >= 15 is 0 Å². The fraction of sp³-hybridized carbons (Fsp3) is 0.414. The zero-order valence-electron chi connectivity index (χ0n) is 22.0. The van der Waals surface area contributed by atoms with Crippen molar-refractivity contribution in [3.63, 3.8) is 0 Å². The van der Waals surface area contributed by atoms with Crippen molar-refractivity contribution < 1.29 is 8.42 Å². The van der Waals surface area contributed by atoms with Crippen molar-refractivity contribution in [2.45, 2.75) is 50.4 Å². The molecule has 6 rings (SSSR count). The molecule has 3 aliphatic rings. The molecular weight excluding hydrogens is 510 g/mol. The number of piperidine rings is 2. The van der Waals surface area contributed by atoms with Gasteiger partial charge in [-0.15, -0.1) is 10.2 Å². The molecule has 0 atom stereocenters. The lowest BCUT2D eigenvalue weighted by atomic mass is 9.83. The molecule has 39 heavy (non-hydrogen) atoms. The average molecular weight is 546 g/mol. The van der Waals surface area contributed by atoms with Gasteiger partial charge in [0.05, 0.1) is 4.91 Å². The molecule has 2 saturated heterocycles. The van der Waals surface area contributed by atoms with Crippen LogP contribution < -0.4 is 15.8 Å². The lowest BCUT2D eigenvalue weighted by Crippen LogP contribution is -2.26. The molecule has 10 heteroatoms. The van der Waals surface area contributed by atoms with Crippen LogP contribution in [0.3, 0.4) is 0 Å². The van der Waals surface area contributed by atoms with Crippen LogP contribution >= 0.6 is 0 Å². The lowest BCUT2D eigenvalue weighted by molar-refractivity contribution is 0.460. The van der Waals surface area contributed by atoms with E-state index in [9.17, 15) is 8.42 Å². The Kier molecular flexibility index (Phi) is 7.44. The van der Waals surface area contributed by atoms with Crippen molar-refractivity contribution in [1.82, 2.24) is 31.3 Å². The molecule has 2 aliphatic heterocycles. The highest BCUT2D eigenvalue weighted by atomic mass is 32.2. The van der Waals surface area contributed by atoms with Crippen LogP contribution in [0.5, 0.6) is 0 Å². The first-order chi connectivity index (χ1) is 19.0. The Labute approximate surface area is 229 Å². The molecule has 3 aromatic rings. The minimum atomic E-state index is -4.11. The maximum absolute atomic E-state index is 13.2. The van der Waals surface area contributed by atoms with Gasteiger partial charge in [-0.25, -0.2) is 13.6 Å². The highest BCUT2D eigenvalue weighted by Crippen LogP contribution is 2.45. The molecular formula is C29H35N7O2S. The topological polar surface area (TPSA) is 139 Å². The molecule has 0 radical (unpaired) electrons. The van der Waals surface area contributed by atoms with Crippen LogP contribution in [0.1, 0.15) is 78.4 Å². The minimum absolute atomic E-state index is 0.0854. The second-order valence-corrected chi connectivity index (χ2v) is 12.2. The van der Waals surface area contributed by atoms with Gasteiger partial charge in [0.2, 0.25) is 15.8 Å². The van der Waals surface area contributed by atoms with E-state index in [0.717, 1.165) is 68.6 Å². The van der Waals surface area contributed by atoms with Gasteiger partial charge in [0.1, 0.15) is 0 Å². The highest BCUT2D eigenvalue weighted by molar-refractivity contribution is 7.93. The summed E-state index contributed by atoms with van der Waals surface area (Å²) in [6.07, 6.45) is 5.64. The average Bonchev–Trinajstić information content (AvgIpc) is 3.52. The Balaban J connectivity index is 1.43.